The second-order valence-corrected chi connectivity index (χ2v) is 3.41. The Morgan fingerprint density at radius 3 is 2.93 bits per heavy atom. The number of amides is 1. The van der Waals surface area contributed by atoms with Crippen LogP contribution in [0.4, 0.5) is 0 Å². The van der Waals surface area contributed by atoms with Crippen molar-refractivity contribution in [1.82, 2.24) is 4.90 Å². The Hall–Kier alpha value is -1.01. The van der Waals surface area contributed by atoms with Gasteiger partial charge in [-0.05, 0) is 26.2 Å². The van der Waals surface area contributed by atoms with Crippen molar-refractivity contribution in [3.05, 3.63) is 0 Å². The molecule has 1 aliphatic heterocycles. The maximum Gasteiger partial charge on any atom is 0.252 e. The number of hydrogen-bond donors (Lipinski definition) is 0. The second kappa shape index (κ2) is 5.66. The minimum Gasteiger partial charge on any atom is -0.368 e. The van der Waals surface area contributed by atoms with E-state index in [0.717, 1.165) is 19.3 Å². The molecule has 0 aromatic rings. The van der Waals surface area contributed by atoms with Crippen LogP contribution in [0.25, 0.3) is 0 Å². The monoisotopic (exact) mass is 195 g/mol. The normalized spacial score (nSPS) is 21.3. The predicted octanol–water partition coefficient (Wildman–Crippen LogP) is 1.04. The molecular weight excluding hydrogens is 178 g/mol. The summed E-state index contributed by atoms with van der Waals surface area (Å²) in [6.07, 6.45) is 7.90. The molecule has 3 nitrogen and oxygen atoms in total. The highest BCUT2D eigenvalue weighted by molar-refractivity contribution is 5.81. The van der Waals surface area contributed by atoms with Crippen LogP contribution in [0.15, 0.2) is 0 Å². The number of likely N-dealkylation sites (N-methyl/N-ethyl adjacent to an activating group) is 1. The van der Waals surface area contributed by atoms with Gasteiger partial charge in [0.05, 0.1) is 6.54 Å². The van der Waals surface area contributed by atoms with E-state index in [1.165, 1.54) is 0 Å². The molecule has 14 heavy (non-hydrogen) atoms. The summed E-state index contributed by atoms with van der Waals surface area (Å²) in [5, 5.41) is 0. The molecule has 0 spiro atoms. The summed E-state index contributed by atoms with van der Waals surface area (Å²) in [5.41, 5.74) is 0. The third-order valence-electron chi connectivity index (χ3n) is 2.43. The van der Waals surface area contributed by atoms with Crippen LogP contribution in [0.1, 0.15) is 26.2 Å². The molecule has 0 saturated carbocycles. The van der Waals surface area contributed by atoms with E-state index in [1.54, 1.807) is 4.90 Å². The smallest absolute Gasteiger partial charge is 0.252 e. The number of carbonyl (C=O) groups is 1. The van der Waals surface area contributed by atoms with E-state index in [4.69, 9.17) is 11.2 Å². The molecule has 1 unspecified atom stereocenters. The molecule has 1 aliphatic rings. The standard InChI is InChI=1S/C11H17NO2/c1-3-8-12(4-2)11(13)10-7-5-6-9-14-10/h1,10H,4-9H2,2H3. The molecule has 78 valence electrons. The molecule has 0 aromatic carbocycles. The summed E-state index contributed by atoms with van der Waals surface area (Å²) >= 11 is 0. The van der Waals surface area contributed by atoms with Crippen molar-refractivity contribution in [2.24, 2.45) is 0 Å². The lowest BCUT2D eigenvalue weighted by Gasteiger charge is -2.27. The van der Waals surface area contributed by atoms with E-state index in [-0.39, 0.29) is 12.0 Å². The van der Waals surface area contributed by atoms with Gasteiger partial charge < -0.3 is 9.64 Å². The Balaban J connectivity index is 2.48. The van der Waals surface area contributed by atoms with Gasteiger partial charge in [0.2, 0.25) is 0 Å². The summed E-state index contributed by atoms with van der Waals surface area (Å²) in [5.74, 6) is 2.53. The number of ether oxygens (including phenoxy) is 1. The molecule has 1 saturated heterocycles. The Bertz CT molecular complexity index is 226. The number of hydrogen-bond acceptors (Lipinski definition) is 2. The van der Waals surface area contributed by atoms with E-state index in [2.05, 4.69) is 5.92 Å². The Labute approximate surface area is 85.4 Å². The predicted molar refractivity (Wildman–Crippen MR) is 54.7 cm³/mol. The van der Waals surface area contributed by atoms with Crippen molar-refractivity contribution in [3.63, 3.8) is 0 Å². The first-order chi connectivity index (χ1) is 6.79. The van der Waals surface area contributed by atoms with E-state index in [1.807, 2.05) is 6.92 Å². The summed E-state index contributed by atoms with van der Waals surface area (Å²) in [6, 6.07) is 0. The van der Waals surface area contributed by atoms with Gasteiger partial charge in [-0.25, -0.2) is 0 Å². The Kier molecular flexibility index (Phi) is 4.48. The van der Waals surface area contributed by atoms with E-state index in [0.29, 0.717) is 19.7 Å². The van der Waals surface area contributed by atoms with E-state index >= 15 is 0 Å². The lowest BCUT2D eigenvalue weighted by molar-refractivity contribution is -0.145. The maximum absolute atomic E-state index is 11.8. The van der Waals surface area contributed by atoms with Gasteiger partial charge in [-0.3, -0.25) is 4.79 Å². The minimum absolute atomic E-state index is 0.0464. The lowest BCUT2D eigenvalue weighted by atomic mass is 10.1. The largest absolute Gasteiger partial charge is 0.368 e. The minimum atomic E-state index is -0.253. The van der Waals surface area contributed by atoms with Gasteiger partial charge >= 0.3 is 0 Å². The van der Waals surface area contributed by atoms with E-state index in [9.17, 15) is 4.79 Å². The third-order valence-corrected chi connectivity index (χ3v) is 2.43. The molecule has 0 aromatic heterocycles. The lowest BCUT2D eigenvalue weighted by Crippen LogP contribution is -2.41. The zero-order valence-electron chi connectivity index (χ0n) is 8.66. The van der Waals surface area contributed by atoms with Gasteiger partial charge in [-0.1, -0.05) is 5.92 Å². The molecule has 1 atom stereocenters. The number of rotatable bonds is 3. The molecule has 1 rings (SSSR count). The zero-order valence-corrected chi connectivity index (χ0v) is 8.66. The zero-order chi connectivity index (χ0) is 10.4. The highest BCUT2D eigenvalue weighted by Crippen LogP contribution is 2.14. The first-order valence-corrected chi connectivity index (χ1v) is 5.13. The molecule has 3 heteroatoms. The van der Waals surface area contributed by atoms with Gasteiger partial charge in [0, 0.05) is 13.2 Å². The molecule has 1 amide bonds. The summed E-state index contributed by atoms with van der Waals surface area (Å²) in [4.78, 5) is 13.5. The van der Waals surface area contributed by atoms with Crippen molar-refractivity contribution >= 4 is 5.91 Å². The summed E-state index contributed by atoms with van der Waals surface area (Å²) in [7, 11) is 0. The molecular formula is C11H17NO2. The average Bonchev–Trinajstić information content (AvgIpc) is 2.26. The fraction of sp³-hybridized carbons (Fsp3) is 0.727. The van der Waals surface area contributed by atoms with Crippen LogP contribution in [0.3, 0.4) is 0 Å². The highest BCUT2D eigenvalue weighted by atomic mass is 16.5. The van der Waals surface area contributed by atoms with Crippen LogP contribution in [0.5, 0.6) is 0 Å². The van der Waals surface area contributed by atoms with Gasteiger partial charge in [-0.2, -0.15) is 0 Å². The molecule has 1 fully saturated rings. The average molecular weight is 195 g/mol. The number of carbonyl (C=O) groups excluding carboxylic acids is 1. The fourth-order valence-electron chi connectivity index (χ4n) is 1.59. The molecule has 0 bridgehead atoms. The Morgan fingerprint density at radius 2 is 2.43 bits per heavy atom. The van der Waals surface area contributed by atoms with Crippen LogP contribution in [-0.2, 0) is 9.53 Å². The second-order valence-electron chi connectivity index (χ2n) is 3.41. The van der Waals surface area contributed by atoms with Crippen LogP contribution < -0.4 is 0 Å². The van der Waals surface area contributed by atoms with Crippen LogP contribution in [0.2, 0.25) is 0 Å². The molecule has 0 radical (unpaired) electrons. The number of terminal acetylenes is 1. The van der Waals surface area contributed by atoms with Crippen LogP contribution in [-0.4, -0.2) is 36.6 Å². The van der Waals surface area contributed by atoms with Crippen molar-refractivity contribution in [3.8, 4) is 12.3 Å². The molecule has 0 N–H and O–H groups in total. The maximum atomic E-state index is 11.8. The third kappa shape index (κ3) is 2.74. The van der Waals surface area contributed by atoms with Gasteiger partial charge in [0.25, 0.3) is 5.91 Å². The van der Waals surface area contributed by atoms with Crippen molar-refractivity contribution < 1.29 is 9.53 Å². The topological polar surface area (TPSA) is 29.5 Å². The quantitative estimate of drug-likeness (QED) is 0.630. The van der Waals surface area contributed by atoms with Crippen molar-refractivity contribution in [1.29, 1.82) is 0 Å². The summed E-state index contributed by atoms with van der Waals surface area (Å²) < 4.78 is 5.41. The van der Waals surface area contributed by atoms with Crippen LogP contribution in [0, 0.1) is 12.3 Å². The summed E-state index contributed by atoms with van der Waals surface area (Å²) in [6.45, 7) is 3.67. The van der Waals surface area contributed by atoms with Gasteiger partial charge in [-0.15, -0.1) is 6.42 Å². The van der Waals surface area contributed by atoms with Gasteiger partial charge in [0.1, 0.15) is 6.10 Å². The highest BCUT2D eigenvalue weighted by Gasteiger charge is 2.25. The first kappa shape index (κ1) is 11.1. The molecule has 1 heterocycles. The van der Waals surface area contributed by atoms with Gasteiger partial charge in [0.15, 0.2) is 0 Å². The Morgan fingerprint density at radius 1 is 1.64 bits per heavy atom. The molecule has 0 aliphatic carbocycles. The van der Waals surface area contributed by atoms with Crippen molar-refractivity contribution in [2.75, 3.05) is 19.7 Å². The SMILES string of the molecule is C#CCN(CC)C(=O)C1CCCCO1. The van der Waals surface area contributed by atoms with E-state index < -0.39 is 0 Å². The van der Waals surface area contributed by atoms with Crippen LogP contribution >= 0.6 is 0 Å². The number of nitrogens with zero attached hydrogens (tertiary/aromatic N) is 1. The first-order valence-electron chi connectivity index (χ1n) is 5.13. The van der Waals surface area contributed by atoms with Crippen molar-refractivity contribution in [2.45, 2.75) is 32.3 Å². The fourth-order valence-corrected chi connectivity index (χ4v) is 1.59.